The number of nitrogens with one attached hydrogen (secondary N) is 3. The molecule has 1 saturated carbocycles. The first kappa shape index (κ1) is 30.0. The summed E-state index contributed by atoms with van der Waals surface area (Å²) < 4.78 is 28.1. The highest BCUT2D eigenvalue weighted by Gasteiger charge is 2.52. The molecule has 0 aromatic heterocycles. The summed E-state index contributed by atoms with van der Waals surface area (Å²) in [5.74, 6) is -4.58. The van der Waals surface area contributed by atoms with Crippen molar-refractivity contribution in [1.29, 1.82) is 0 Å². The molecule has 0 aromatic carbocycles. The molecule has 5 amide bonds. The molecule has 2 aliphatic heterocycles. The molecule has 38 heavy (non-hydrogen) atoms. The van der Waals surface area contributed by atoms with Crippen molar-refractivity contribution in [2.75, 3.05) is 19.6 Å². The molecule has 0 aromatic rings. The van der Waals surface area contributed by atoms with Crippen molar-refractivity contribution in [2.45, 2.75) is 83.7 Å². The number of amides is 5. The first-order valence-electron chi connectivity index (χ1n) is 13.0. The summed E-state index contributed by atoms with van der Waals surface area (Å²) in [7, 11) is 0. The van der Waals surface area contributed by atoms with Gasteiger partial charge in [-0.1, -0.05) is 38.8 Å². The van der Waals surface area contributed by atoms with Crippen LogP contribution in [0.5, 0.6) is 0 Å². The first-order valence-corrected chi connectivity index (χ1v) is 13.4. The number of halogens is 3. The number of nitrogens with zero attached hydrogens (tertiary/aromatic N) is 2. The van der Waals surface area contributed by atoms with Crippen LogP contribution in [0.3, 0.4) is 0 Å². The molecule has 0 bridgehead atoms. The molecule has 6 atom stereocenters. The van der Waals surface area contributed by atoms with Crippen LogP contribution in [-0.2, 0) is 24.0 Å². The fraction of sp³-hybridized carbons (Fsp3) is 0.800. The lowest BCUT2D eigenvalue weighted by molar-refractivity contribution is -0.151. The number of carbonyl (C=O) groups excluding carboxylic acids is 5. The molecule has 1 aliphatic carbocycles. The van der Waals surface area contributed by atoms with Crippen LogP contribution in [0.2, 0.25) is 0 Å². The number of alkyl halides is 3. The molecule has 2 saturated heterocycles. The molecule has 3 fully saturated rings. The second-order valence-electron chi connectivity index (χ2n) is 12.0. The number of fused-ring (bicyclic) bond motifs is 1. The minimum atomic E-state index is -2.44. The lowest BCUT2D eigenvalue weighted by Crippen LogP contribution is -2.62. The Bertz CT molecular complexity index is 967. The zero-order valence-electron chi connectivity index (χ0n) is 22.5. The molecule has 2 unspecified atom stereocenters. The van der Waals surface area contributed by atoms with E-state index in [0.717, 1.165) is 31.7 Å². The third kappa shape index (κ3) is 6.55. The second-order valence-corrected chi connectivity index (χ2v) is 12.4. The maximum Gasteiger partial charge on any atom is 0.291 e. The van der Waals surface area contributed by atoms with E-state index < -0.39 is 58.3 Å². The van der Waals surface area contributed by atoms with Crippen molar-refractivity contribution in [1.82, 2.24) is 26.0 Å². The van der Waals surface area contributed by atoms with Crippen LogP contribution in [0, 0.1) is 23.2 Å². The average molecular weight is 562 g/mol. The van der Waals surface area contributed by atoms with Crippen LogP contribution in [0.1, 0.15) is 60.3 Å². The molecule has 2 heterocycles. The maximum atomic E-state index is 14.3. The van der Waals surface area contributed by atoms with Gasteiger partial charge in [0, 0.05) is 13.1 Å². The number of hydrogen-bond donors (Lipinski definition) is 3. The van der Waals surface area contributed by atoms with Gasteiger partial charge in [0.05, 0.1) is 12.5 Å². The van der Waals surface area contributed by atoms with E-state index >= 15 is 0 Å². The third-order valence-corrected chi connectivity index (χ3v) is 7.82. The highest BCUT2D eigenvalue weighted by molar-refractivity contribution is 6.29. The largest absolute Gasteiger partial charge is 0.356 e. The zero-order chi connectivity index (χ0) is 28.6. The van der Waals surface area contributed by atoms with Gasteiger partial charge in [-0.25, -0.2) is 13.8 Å². The fourth-order valence-corrected chi connectivity index (χ4v) is 5.65. The molecule has 13 heteroatoms. The van der Waals surface area contributed by atoms with Gasteiger partial charge < -0.3 is 15.5 Å². The van der Waals surface area contributed by atoms with Crippen molar-refractivity contribution < 1.29 is 32.8 Å². The highest BCUT2D eigenvalue weighted by atomic mass is 35.5. The van der Waals surface area contributed by atoms with E-state index in [-0.39, 0.29) is 30.8 Å². The van der Waals surface area contributed by atoms with Crippen molar-refractivity contribution in [3.63, 3.8) is 0 Å². The van der Waals surface area contributed by atoms with Crippen LogP contribution >= 0.6 is 11.6 Å². The van der Waals surface area contributed by atoms with Crippen LogP contribution in [0.25, 0.3) is 0 Å². The summed E-state index contributed by atoms with van der Waals surface area (Å²) in [6.45, 7) is 7.73. The Morgan fingerprint density at radius 3 is 2.34 bits per heavy atom. The molecular formula is C25H38ClF2N5O5. The van der Waals surface area contributed by atoms with Gasteiger partial charge in [-0.05, 0) is 50.4 Å². The van der Waals surface area contributed by atoms with Gasteiger partial charge in [0.1, 0.15) is 12.1 Å². The van der Waals surface area contributed by atoms with Crippen LogP contribution in [-0.4, -0.2) is 82.5 Å². The maximum absolute atomic E-state index is 14.3. The number of carbonyl (C=O) groups is 5. The van der Waals surface area contributed by atoms with Crippen molar-refractivity contribution in [3.05, 3.63) is 0 Å². The number of rotatable bonds is 7. The molecule has 214 valence electrons. The predicted octanol–water partition coefficient (Wildman–Crippen LogP) is 1.42. The summed E-state index contributed by atoms with van der Waals surface area (Å²) in [4.78, 5) is 65.9. The lowest BCUT2D eigenvalue weighted by Gasteiger charge is -2.37. The standard InChI is InChI=1S/C25H38ClF2N5O5/c1-24(2,3)17(30-23(38)25(4,5)28)21(36)32-11-13-7-6-8-15(13)16(32)20(35)31-33(22(37)18(26)27)12-14-9-10-29-19(14)34/h13-18H,6-12H2,1-5H3,(H,29,34)(H,30,38)(H,31,35)/t13-,14-,15-,16-,17?,18?/m0/s1. The van der Waals surface area contributed by atoms with Gasteiger partial charge in [-0.3, -0.25) is 29.4 Å². The number of hydrazine groups is 1. The Kier molecular flexibility index (Phi) is 8.95. The van der Waals surface area contributed by atoms with Gasteiger partial charge in [-0.2, -0.15) is 0 Å². The van der Waals surface area contributed by atoms with E-state index in [1.54, 1.807) is 20.8 Å². The molecule has 0 radical (unpaired) electrons. The smallest absolute Gasteiger partial charge is 0.291 e. The predicted molar refractivity (Wildman–Crippen MR) is 135 cm³/mol. The summed E-state index contributed by atoms with van der Waals surface area (Å²) in [6.07, 6.45) is 2.71. The summed E-state index contributed by atoms with van der Waals surface area (Å²) >= 11 is 5.39. The Morgan fingerprint density at radius 2 is 1.82 bits per heavy atom. The Hall–Kier alpha value is -2.50. The molecule has 10 nitrogen and oxygen atoms in total. The average Bonchev–Trinajstić information content (AvgIpc) is 3.50. The number of hydrogen-bond acceptors (Lipinski definition) is 5. The van der Waals surface area contributed by atoms with Crippen molar-refractivity contribution in [3.8, 4) is 0 Å². The van der Waals surface area contributed by atoms with Gasteiger partial charge in [-0.15, -0.1) is 0 Å². The quantitative estimate of drug-likeness (QED) is 0.320. The zero-order valence-corrected chi connectivity index (χ0v) is 23.2. The number of likely N-dealkylation sites (tertiary alicyclic amines) is 1. The van der Waals surface area contributed by atoms with E-state index in [9.17, 15) is 32.8 Å². The molecule has 3 N–H and O–H groups in total. The Morgan fingerprint density at radius 1 is 1.16 bits per heavy atom. The summed E-state index contributed by atoms with van der Waals surface area (Å²) in [6, 6.07) is -2.13. The Labute approximate surface area is 226 Å². The second kappa shape index (κ2) is 11.3. The van der Waals surface area contributed by atoms with Crippen LogP contribution in [0.4, 0.5) is 8.78 Å². The van der Waals surface area contributed by atoms with Gasteiger partial charge in [0.25, 0.3) is 23.4 Å². The van der Waals surface area contributed by atoms with E-state index in [4.69, 9.17) is 11.6 Å². The highest BCUT2D eigenvalue weighted by Crippen LogP contribution is 2.43. The lowest BCUT2D eigenvalue weighted by atomic mass is 9.85. The third-order valence-electron chi connectivity index (χ3n) is 7.63. The minimum Gasteiger partial charge on any atom is -0.356 e. The van der Waals surface area contributed by atoms with Crippen molar-refractivity contribution in [2.24, 2.45) is 23.2 Å². The SMILES string of the molecule is CC(C)(F)C(=O)NC(C(=O)N1C[C@@H]2CCC[C@@H]2[C@H]1C(=O)NN(C[C@@H]1CCNC1=O)C(=O)C(F)Cl)C(C)(C)C. The molecule has 3 rings (SSSR count). The molecule has 3 aliphatic rings. The van der Waals surface area contributed by atoms with Crippen LogP contribution < -0.4 is 16.1 Å². The van der Waals surface area contributed by atoms with Crippen LogP contribution in [0.15, 0.2) is 0 Å². The monoisotopic (exact) mass is 561 g/mol. The van der Waals surface area contributed by atoms with Gasteiger partial charge in [0.2, 0.25) is 11.8 Å². The molecule has 0 spiro atoms. The van der Waals surface area contributed by atoms with Gasteiger partial charge in [0.15, 0.2) is 5.67 Å². The van der Waals surface area contributed by atoms with E-state index in [0.29, 0.717) is 19.4 Å². The summed E-state index contributed by atoms with van der Waals surface area (Å²) in [5, 5.41) is 5.86. The topological polar surface area (TPSA) is 128 Å². The van der Waals surface area contributed by atoms with E-state index in [1.807, 2.05) is 0 Å². The summed E-state index contributed by atoms with van der Waals surface area (Å²) in [5.41, 5.74) is -3.05. The first-order chi connectivity index (χ1) is 17.5. The minimum absolute atomic E-state index is 0.0235. The van der Waals surface area contributed by atoms with Crippen molar-refractivity contribution >= 4 is 41.1 Å². The van der Waals surface area contributed by atoms with E-state index in [2.05, 4.69) is 16.1 Å². The van der Waals surface area contributed by atoms with Gasteiger partial charge >= 0.3 is 0 Å². The van der Waals surface area contributed by atoms with E-state index in [1.165, 1.54) is 4.90 Å². The Balaban J connectivity index is 1.87. The fourth-order valence-electron chi connectivity index (χ4n) is 5.53. The molecular weight excluding hydrogens is 524 g/mol. The normalized spacial score (nSPS) is 26.8.